The molecule has 3 aromatic carbocycles. The molecule has 1 amide bonds. The molecule has 174 valence electrons. The minimum absolute atomic E-state index is 0.0678. The molecule has 1 heterocycles. The normalized spacial score (nSPS) is 11.1. The Bertz CT molecular complexity index is 1400. The Labute approximate surface area is 199 Å². The highest BCUT2D eigenvalue weighted by Gasteiger charge is 2.20. The number of sulfonamides is 1. The predicted molar refractivity (Wildman–Crippen MR) is 133 cm³/mol. The first kappa shape index (κ1) is 23.1. The van der Waals surface area contributed by atoms with E-state index in [4.69, 9.17) is 4.74 Å². The lowest BCUT2D eigenvalue weighted by Crippen LogP contribution is -2.16. The molecule has 0 aliphatic heterocycles. The van der Waals surface area contributed by atoms with Crippen LogP contribution in [0.4, 0.5) is 11.4 Å². The second-order valence-corrected chi connectivity index (χ2v) is 9.44. The van der Waals surface area contributed by atoms with Crippen LogP contribution in [0, 0.1) is 6.92 Å². The number of rotatable bonds is 8. The van der Waals surface area contributed by atoms with E-state index in [1.807, 2.05) is 41.2 Å². The van der Waals surface area contributed by atoms with Crippen molar-refractivity contribution in [2.24, 2.45) is 0 Å². The zero-order chi connectivity index (χ0) is 24.1. The topological polar surface area (TPSA) is 89.4 Å². The monoisotopic (exact) mass is 475 g/mol. The molecule has 7 nitrogen and oxygen atoms in total. The second kappa shape index (κ2) is 9.84. The number of anilines is 2. The molecule has 4 rings (SSSR count). The van der Waals surface area contributed by atoms with Crippen molar-refractivity contribution in [3.8, 4) is 5.75 Å². The largest absolute Gasteiger partial charge is 0.495 e. The minimum Gasteiger partial charge on any atom is -0.495 e. The lowest BCUT2D eigenvalue weighted by atomic mass is 10.1. The van der Waals surface area contributed by atoms with Crippen LogP contribution in [0.25, 0.3) is 0 Å². The maximum Gasteiger partial charge on any atom is 0.262 e. The zero-order valence-electron chi connectivity index (χ0n) is 18.9. The third-order valence-electron chi connectivity index (χ3n) is 5.33. The van der Waals surface area contributed by atoms with Crippen LogP contribution in [-0.4, -0.2) is 26.0 Å². The first-order chi connectivity index (χ1) is 16.4. The maximum absolute atomic E-state index is 13.1. The van der Waals surface area contributed by atoms with E-state index in [0.717, 1.165) is 5.56 Å². The van der Waals surface area contributed by atoms with E-state index in [9.17, 15) is 13.2 Å². The average Bonchev–Trinajstić information content (AvgIpc) is 3.34. The van der Waals surface area contributed by atoms with Crippen molar-refractivity contribution in [2.45, 2.75) is 18.4 Å². The molecular weight excluding hydrogens is 450 g/mol. The summed E-state index contributed by atoms with van der Waals surface area (Å²) in [5, 5.41) is 2.79. The zero-order valence-corrected chi connectivity index (χ0v) is 19.7. The van der Waals surface area contributed by atoms with Crippen LogP contribution in [0.2, 0.25) is 0 Å². The Balaban J connectivity index is 1.51. The minimum atomic E-state index is -3.91. The van der Waals surface area contributed by atoms with Crippen LogP contribution in [0.1, 0.15) is 21.5 Å². The van der Waals surface area contributed by atoms with Gasteiger partial charge in [0.25, 0.3) is 15.9 Å². The molecule has 34 heavy (non-hydrogen) atoms. The van der Waals surface area contributed by atoms with Crippen molar-refractivity contribution in [1.82, 2.24) is 4.57 Å². The second-order valence-electron chi connectivity index (χ2n) is 7.79. The lowest BCUT2D eigenvalue weighted by molar-refractivity contribution is 0.102. The van der Waals surface area contributed by atoms with E-state index < -0.39 is 10.0 Å². The molecular formula is C26H25N3O4S. The van der Waals surface area contributed by atoms with Crippen molar-refractivity contribution in [3.63, 3.8) is 0 Å². The summed E-state index contributed by atoms with van der Waals surface area (Å²) in [5.74, 6) is 0.0887. The number of para-hydroxylation sites is 2. The predicted octanol–water partition coefficient (Wildman–Crippen LogP) is 4.91. The summed E-state index contributed by atoms with van der Waals surface area (Å²) in [6.45, 7) is 2.42. The van der Waals surface area contributed by atoms with Gasteiger partial charge in [0.1, 0.15) is 5.75 Å². The highest BCUT2D eigenvalue weighted by Crippen LogP contribution is 2.28. The van der Waals surface area contributed by atoms with E-state index in [2.05, 4.69) is 10.0 Å². The number of hydrogen-bond acceptors (Lipinski definition) is 4. The van der Waals surface area contributed by atoms with Crippen molar-refractivity contribution >= 4 is 27.3 Å². The van der Waals surface area contributed by atoms with Crippen molar-refractivity contribution in [3.05, 3.63) is 108 Å². The van der Waals surface area contributed by atoms with Gasteiger partial charge in [-0.25, -0.2) is 8.42 Å². The van der Waals surface area contributed by atoms with Gasteiger partial charge in [-0.3, -0.25) is 9.52 Å². The van der Waals surface area contributed by atoms with Crippen molar-refractivity contribution in [2.75, 3.05) is 17.1 Å². The third-order valence-corrected chi connectivity index (χ3v) is 6.84. The molecule has 0 atom stereocenters. The SMILES string of the molecule is COc1ccccc1NS(=O)(=O)c1cc(NC(=O)c2ccc(Cn3cccc3)cc2)ccc1C. The third kappa shape index (κ3) is 5.29. The van der Waals surface area contributed by atoms with Crippen LogP contribution in [0.5, 0.6) is 5.75 Å². The van der Waals surface area contributed by atoms with Gasteiger partial charge < -0.3 is 14.6 Å². The Morgan fingerprint density at radius 2 is 1.65 bits per heavy atom. The van der Waals surface area contributed by atoms with Gasteiger partial charge in [-0.05, 0) is 66.6 Å². The van der Waals surface area contributed by atoms with Crippen molar-refractivity contribution in [1.29, 1.82) is 0 Å². The van der Waals surface area contributed by atoms with Gasteiger partial charge >= 0.3 is 0 Å². The number of benzene rings is 3. The first-order valence-electron chi connectivity index (χ1n) is 10.6. The Morgan fingerprint density at radius 3 is 2.35 bits per heavy atom. The number of amides is 1. The number of carbonyl (C=O) groups is 1. The number of nitrogens with one attached hydrogen (secondary N) is 2. The van der Waals surface area contributed by atoms with Gasteiger partial charge in [-0.2, -0.15) is 0 Å². The lowest BCUT2D eigenvalue weighted by Gasteiger charge is -2.14. The molecule has 1 aromatic heterocycles. The number of ether oxygens (including phenoxy) is 1. The fraction of sp³-hybridized carbons (Fsp3) is 0.115. The Morgan fingerprint density at radius 1 is 0.941 bits per heavy atom. The van der Waals surface area contributed by atoms with Crippen LogP contribution in [0.3, 0.4) is 0 Å². The molecule has 0 aliphatic rings. The first-order valence-corrected chi connectivity index (χ1v) is 12.1. The Kier molecular flexibility index (Phi) is 6.70. The number of aromatic nitrogens is 1. The van der Waals surface area contributed by atoms with Crippen LogP contribution >= 0.6 is 0 Å². The molecule has 2 N–H and O–H groups in total. The van der Waals surface area contributed by atoms with Gasteiger partial charge in [0.05, 0.1) is 17.7 Å². The average molecular weight is 476 g/mol. The van der Waals surface area contributed by atoms with E-state index in [1.54, 1.807) is 55.5 Å². The van der Waals surface area contributed by atoms with Crippen LogP contribution in [0.15, 0.2) is 96.2 Å². The van der Waals surface area contributed by atoms with E-state index in [1.165, 1.54) is 13.2 Å². The van der Waals surface area contributed by atoms with Crippen molar-refractivity contribution < 1.29 is 17.9 Å². The van der Waals surface area contributed by atoms with E-state index >= 15 is 0 Å². The van der Waals surface area contributed by atoms with E-state index in [0.29, 0.717) is 34.8 Å². The van der Waals surface area contributed by atoms with Gasteiger partial charge in [0.2, 0.25) is 0 Å². The van der Waals surface area contributed by atoms with Crippen LogP contribution in [-0.2, 0) is 16.6 Å². The summed E-state index contributed by atoms with van der Waals surface area (Å²) in [6.07, 6.45) is 3.96. The molecule has 0 radical (unpaired) electrons. The van der Waals surface area contributed by atoms with Gasteiger partial charge in [0, 0.05) is 30.2 Å². The van der Waals surface area contributed by atoms with Gasteiger partial charge in [0.15, 0.2) is 0 Å². The molecule has 0 spiro atoms. The number of aryl methyl sites for hydroxylation is 1. The summed E-state index contributed by atoms with van der Waals surface area (Å²) < 4.78 is 36.0. The molecule has 0 fully saturated rings. The highest BCUT2D eigenvalue weighted by atomic mass is 32.2. The molecule has 0 unspecified atom stereocenters. The highest BCUT2D eigenvalue weighted by molar-refractivity contribution is 7.92. The number of methoxy groups -OCH3 is 1. The quantitative estimate of drug-likeness (QED) is 0.379. The van der Waals surface area contributed by atoms with Gasteiger partial charge in [-0.15, -0.1) is 0 Å². The molecule has 0 bridgehead atoms. The molecule has 0 saturated heterocycles. The number of carbonyl (C=O) groups excluding carboxylic acids is 1. The Hall–Kier alpha value is -4.04. The smallest absolute Gasteiger partial charge is 0.262 e. The molecule has 0 saturated carbocycles. The summed E-state index contributed by atoms with van der Waals surface area (Å²) in [6, 6.07) is 22.8. The fourth-order valence-corrected chi connectivity index (χ4v) is 4.89. The van der Waals surface area contributed by atoms with Gasteiger partial charge in [-0.1, -0.05) is 30.3 Å². The number of nitrogens with zero attached hydrogens (tertiary/aromatic N) is 1. The molecule has 4 aromatic rings. The summed E-state index contributed by atoms with van der Waals surface area (Å²) in [4.78, 5) is 12.8. The van der Waals surface area contributed by atoms with Crippen LogP contribution < -0.4 is 14.8 Å². The molecule has 8 heteroatoms. The standard InChI is InChI=1S/C26H25N3O4S/c1-19-9-14-22(17-25(19)34(31,32)28-23-7-3-4-8-24(23)33-2)27-26(30)21-12-10-20(11-13-21)18-29-15-5-6-16-29/h3-17,28H,18H2,1-2H3,(H,27,30). The number of hydrogen-bond donors (Lipinski definition) is 2. The summed E-state index contributed by atoms with van der Waals surface area (Å²) in [5.41, 5.74) is 2.81. The fourth-order valence-electron chi connectivity index (χ4n) is 3.55. The summed E-state index contributed by atoms with van der Waals surface area (Å²) in [7, 11) is -2.44. The summed E-state index contributed by atoms with van der Waals surface area (Å²) >= 11 is 0. The van der Waals surface area contributed by atoms with E-state index in [-0.39, 0.29) is 10.8 Å². The maximum atomic E-state index is 13.1. The molecule has 0 aliphatic carbocycles.